The number of rotatable bonds is 8. The van der Waals surface area contributed by atoms with Crippen molar-refractivity contribution in [2.45, 2.75) is 70.4 Å². The van der Waals surface area contributed by atoms with Crippen molar-refractivity contribution in [1.82, 2.24) is 34.9 Å². The van der Waals surface area contributed by atoms with Gasteiger partial charge in [0.15, 0.2) is 0 Å². The first kappa shape index (κ1) is 23.1. The van der Waals surface area contributed by atoms with E-state index in [0.29, 0.717) is 42.5 Å². The zero-order valence-corrected chi connectivity index (χ0v) is 20.2. The first-order chi connectivity index (χ1) is 16.8. The van der Waals surface area contributed by atoms with Gasteiger partial charge in [0.2, 0.25) is 5.95 Å². The largest absolute Gasteiger partial charge is 0.489 e. The van der Waals surface area contributed by atoms with Crippen LogP contribution in [0.2, 0.25) is 0 Å². The predicted octanol–water partition coefficient (Wildman–Crippen LogP) is 3.06. The van der Waals surface area contributed by atoms with Crippen LogP contribution < -0.4 is 10.1 Å². The highest BCUT2D eigenvalue weighted by atomic mass is 16.5. The minimum Gasteiger partial charge on any atom is -0.489 e. The normalized spacial score (nSPS) is 20.9. The summed E-state index contributed by atoms with van der Waals surface area (Å²) in [7, 11) is 1.84. The molecule has 11 heteroatoms. The molecule has 0 spiro atoms. The van der Waals surface area contributed by atoms with Gasteiger partial charge in [-0.3, -0.25) is 4.79 Å². The fourth-order valence-electron chi connectivity index (χ4n) is 4.48. The Kier molecular flexibility index (Phi) is 6.08. The fraction of sp³-hybridized carbons (Fsp3) is 0.542. The summed E-state index contributed by atoms with van der Waals surface area (Å²) in [5.74, 6) is 0.916. The Hall–Kier alpha value is -3.63. The van der Waals surface area contributed by atoms with E-state index in [1.807, 2.05) is 26.1 Å². The Balaban J connectivity index is 1.29. The van der Waals surface area contributed by atoms with Crippen LogP contribution >= 0.6 is 0 Å². The highest BCUT2D eigenvalue weighted by molar-refractivity contribution is 5.70. The molecule has 3 aromatic rings. The van der Waals surface area contributed by atoms with Crippen LogP contribution in [0.15, 0.2) is 18.5 Å². The lowest BCUT2D eigenvalue weighted by molar-refractivity contribution is -0.143. The summed E-state index contributed by atoms with van der Waals surface area (Å²) in [5, 5.41) is 21.1. The van der Waals surface area contributed by atoms with Crippen molar-refractivity contribution < 1.29 is 14.6 Å². The highest BCUT2D eigenvalue weighted by Crippen LogP contribution is 2.45. The molecular weight excluding hydrogens is 448 g/mol. The first-order valence-corrected chi connectivity index (χ1v) is 12.0. The van der Waals surface area contributed by atoms with Gasteiger partial charge in [-0.05, 0) is 57.6 Å². The van der Waals surface area contributed by atoms with Gasteiger partial charge in [0, 0.05) is 12.5 Å². The van der Waals surface area contributed by atoms with Crippen molar-refractivity contribution in [3.8, 4) is 17.1 Å². The van der Waals surface area contributed by atoms with Crippen molar-refractivity contribution in [3.05, 3.63) is 35.7 Å². The maximum Gasteiger partial charge on any atom is 0.306 e. The van der Waals surface area contributed by atoms with Gasteiger partial charge in [0.25, 0.3) is 0 Å². The SMILES string of the molecule is Cc1nc(-c2nnn(C)c2CNc2ncnc(C3(C)CC3)n2)ccc1O[C@H]1CCC[C@H](C(=O)O)C1. The first-order valence-electron chi connectivity index (χ1n) is 12.0. The second-order valence-electron chi connectivity index (χ2n) is 9.78. The maximum atomic E-state index is 11.4. The van der Waals surface area contributed by atoms with E-state index >= 15 is 0 Å². The summed E-state index contributed by atoms with van der Waals surface area (Å²) in [4.78, 5) is 29.3. The van der Waals surface area contributed by atoms with E-state index < -0.39 is 5.97 Å². The van der Waals surface area contributed by atoms with Crippen LogP contribution in [-0.2, 0) is 23.8 Å². The lowest BCUT2D eigenvalue weighted by Gasteiger charge is -2.27. The second kappa shape index (κ2) is 9.20. The van der Waals surface area contributed by atoms with E-state index in [2.05, 4.69) is 37.5 Å². The lowest BCUT2D eigenvalue weighted by atomic mass is 9.87. The van der Waals surface area contributed by atoms with Gasteiger partial charge in [-0.1, -0.05) is 12.1 Å². The van der Waals surface area contributed by atoms with Crippen LogP contribution in [0.25, 0.3) is 11.4 Å². The summed E-state index contributed by atoms with van der Waals surface area (Å²) in [5.41, 5.74) is 3.00. The summed E-state index contributed by atoms with van der Waals surface area (Å²) >= 11 is 0. The zero-order valence-electron chi connectivity index (χ0n) is 20.2. The van der Waals surface area contributed by atoms with Gasteiger partial charge in [-0.2, -0.15) is 4.98 Å². The molecule has 184 valence electrons. The van der Waals surface area contributed by atoms with Crippen LogP contribution in [0.4, 0.5) is 5.95 Å². The molecule has 0 aromatic carbocycles. The molecule has 3 heterocycles. The Morgan fingerprint density at radius 1 is 1.26 bits per heavy atom. The van der Waals surface area contributed by atoms with E-state index in [1.165, 1.54) is 0 Å². The van der Waals surface area contributed by atoms with E-state index in [0.717, 1.165) is 42.9 Å². The molecule has 5 rings (SSSR count). The highest BCUT2D eigenvalue weighted by Gasteiger charge is 2.42. The van der Waals surface area contributed by atoms with E-state index in [9.17, 15) is 9.90 Å². The van der Waals surface area contributed by atoms with Crippen LogP contribution in [0.3, 0.4) is 0 Å². The van der Waals surface area contributed by atoms with Crippen molar-refractivity contribution in [2.75, 3.05) is 5.32 Å². The lowest BCUT2D eigenvalue weighted by Crippen LogP contribution is -2.29. The zero-order chi connectivity index (χ0) is 24.6. The van der Waals surface area contributed by atoms with Crippen molar-refractivity contribution in [2.24, 2.45) is 13.0 Å². The molecule has 3 aromatic heterocycles. The standard InChI is InChI=1S/C24H30N8O3/c1-14-19(35-16-6-4-5-15(11-16)21(33)34)8-7-17(28-14)20-18(32(3)31-30-20)12-25-23-27-13-26-22(29-23)24(2)9-10-24/h7-8,13,15-16H,4-6,9-12H2,1-3H3,(H,33,34)(H,25,26,27,29)/t15-,16-/m0/s1. The van der Waals surface area contributed by atoms with Gasteiger partial charge in [0.05, 0.1) is 35.6 Å². The van der Waals surface area contributed by atoms with Gasteiger partial charge in [-0.15, -0.1) is 5.10 Å². The number of nitrogens with one attached hydrogen (secondary N) is 1. The molecule has 35 heavy (non-hydrogen) atoms. The molecule has 2 N–H and O–H groups in total. The molecule has 11 nitrogen and oxygen atoms in total. The number of carboxylic acids is 1. The second-order valence-corrected chi connectivity index (χ2v) is 9.78. The third-order valence-electron chi connectivity index (χ3n) is 7.02. The number of hydrogen-bond donors (Lipinski definition) is 2. The molecule has 0 bridgehead atoms. The van der Waals surface area contributed by atoms with Crippen molar-refractivity contribution in [1.29, 1.82) is 0 Å². The number of carboxylic acid groups (broad SMARTS) is 1. The number of hydrogen-bond acceptors (Lipinski definition) is 9. The maximum absolute atomic E-state index is 11.4. The minimum absolute atomic E-state index is 0.0655. The number of nitrogens with zero attached hydrogens (tertiary/aromatic N) is 7. The van der Waals surface area contributed by atoms with Crippen LogP contribution in [0.1, 0.15) is 62.7 Å². The molecule has 2 fully saturated rings. The summed E-state index contributed by atoms with van der Waals surface area (Å²) in [6, 6.07) is 3.74. The van der Waals surface area contributed by atoms with Crippen LogP contribution in [0, 0.1) is 12.8 Å². The van der Waals surface area contributed by atoms with E-state index in [-0.39, 0.29) is 17.4 Å². The molecular formula is C24H30N8O3. The van der Waals surface area contributed by atoms with Gasteiger partial charge >= 0.3 is 5.97 Å². The number of pyridine rings is 1. The van der Waals surface area contributed by atoms with Gasteiger partial charge in [-0.25, -0.2) is 19.6 Å². The number of carbonyl (C=O) groups is 1. The third kappa shape index (κ3) is 4.94. The molecule has 2 aliphatic rings. The number of aryl methyl sites for hydroxylation is 2. The molecule has 0 saturated heterocycles. The molecule has 0 amide bonds. The van der Waals surface area contributed by atoms with Crippen molar-refractivity contribution >= 4 is 11.9 Å². The fourth-order valence-corrected chi connectivity index (χ4v) is 4.48. The van der Waals surface area contributed by atoms with Gasteiger partial charge in [0.1, 0.15) is 23.6 Å². The van der Waals surface area contributed by atoms with Crippen LogP contribution in [-0.4, -0.2) is 52.1 Å². The number of ether oxygens (including phenoxy) is 1. The average molecular weight is 479 g/mol. The molecule has 0 aliphatic heterocycles. The average Bonchev–Trinajstić information content (AvgIpc) is 3.50. The Morgan fingerprint density at radius 3 is 2.83 bits per heavy atom. The van der Waals surface area contributed by atoms with E-state index in [1.54, 1.807) is 11.0 Å². The topological polar surface area (TPSA) is 141 Å². The summed E-state index contributed by atoms with van der Waals surface area (Å²) in [6.07, 6.45) is 6.55. The summed E-state index contributed by atoms with van der Waals surface area (Å²) in [6.45, 7) is 4.47. The molecule has 2 saturated carbocycles. The predicted molar refractivity (Wildman–Crippen MR) is 127 cm³/mol. The molecule has 0 radical (unpaired) electrons. The monoisotopic (exact) mass is 478 g/mol. The van der Waals surface area contributed by atoms with E-state index in [4.69, 9.17) is 9.72 Å². The Morgan fingerprint density at radius 2 is 2.09 bits per heavy atom. The Labute approximate surface area is 203 Å². The molecule has 0 unspecified atom stereocenters. The number of aliphatic carboxylic acids is 1. The van der Waals surface area contributed by atoms with Crippen molar-refractivity contribution in [3.63, 3.8) is 0 Å². The quantitative estimate of drug-likeness (QED) is 0.496. The smallest absolute Gasteiger partial charge is 0.306 e. The minimum atomic E-state index is -0.748. The van der Waals surface area contributed by atoms with Crippen LogP contribution in [0.5, 0.6) is 5.75 Å². The van der Waals surface area contributed by atoms with Gasteiger partial charge < -0.3 is 15.2 Å². The molecule has 2 atom stereocenters. The number of aromatic nitrogens is 7. The molecule has 2 aliphatic carbocycles. The number of anilines is 1. The Bertz CT molecular complexity index is 1240. The summed E-state index contributed by atoms with van der Waals surface area (Å²) < 4.78 is 7.85. The third-order valence-corrected chi connectivity index (χ3v) is 7.02.